The number of ketones is 1. The number of esters is 1. The SMILES string of the molecule is CCn1cc(C=C2Oc3cc(OCC(=O)OCc4ccccc4)ccc3C2=O)c2ccccc21. The lowest BCUT2D eigenvalue weighted by Crippen LogP contribution is -2.14. The van der Waals surface area contributed by atoms with E-state index in [4.69, 9.17) is 14.2 Å². The maximum Gasteiger partial charge on any atom is 0.344 e. The van der Waals surface area contributed by atoms with Crippen LogP contribution in [0.2, 0.25) is 0 Å². The lowest BCUT2D eigenvalue weighted by atomic mass is 10.1. The molecule has 0 N–H and O–H groups in total. The molecule has 170 valence electrons. The predicted molar refractivity (Wildman–Crippen MR) is 129 cm³/mol. The molecule has 0 saturated heterocycles. The van der Waals surface area contributed by atoms with Gasteiger partial charge in [0.25, 0.3) is 0 Å². The highest BCUT2D eigenvalue weighted by Gasteiger charge is 2.28. The van der Waals surface area contributed by atoms with Gasteiger partial charge in [0.1, 0.15) is 18.1 Å². The molecule has 0 amide bonds. The average molecular weight is 453 g/mol. The van der Waals surface area contributed by atoms with Crippen molar-refractivity contribution in [3.05, 3.63) is 101 Å². The Hall–Kier alpha value is -4.32. The number of nitrogens with zero attached hydrogens (tertiary/aromatic N) is 1. The van der Waals surface area contributed by atoms with Crippen molar-refractivity contribution in [2.24, 2.45) is 0 Å². The summed E-state index contributed by atoms with van der Waals surface area (Å²) in [6, 6.07) is 22.4. The van der Waals surface area contributed by atoms with E-state index in [-0.39, 0.29) is 24.8 Å². The number of hydrogen-bond donors (Lipinski definition) is 0. The third kappa shape index (κ3) is 4.30. The number of carbonyl (C=O) groups excluding carboxylic acids is 2. The van der Waals surface area contributed by atoms with Crippen LogP contribution in [0.1, 0.15) is 28.4 Å². The van der Waals surface area contributed by atoms with Crippen molar-refractivity contribution < 1.29 is 23.8 Å². The quantitative estimate of drug-likeness (QED) is 0.277. The highest BCUT2D eigenvalue weighted by molar-refractivity contribution is 6.15. The van der Waals surface area contributed by atoms with Crippen molar-refractivity contribution in [2.75, 3.05) is 6.61 Å². The molecule has 0 unspecified atom stereocenters. The van der Waals surface area contributed by atoms with Crippen LogP contribution in [0.25, 0.3) is 17.0 Å². The Bertz CT molecular complexity index is 1400. The van der Waals surface area contributed by atoms with Crippen LogP contribution < -0.4 is 9.47 Å². The molecular formula is C28H23NO5. The van der Waals surface area contributed by atoms with E-state index in [1.165, 1.54) is 0 Å². The first-order valence-electron chi connectivity index (χ1n) is 11.1. The van der Waals surface area contributed by atoms with Crippen LogP contribution in [0.4, 0.5) is 0 Å². The third-order valence-electron chi connectivity index (χ3n) is 5.69. The minimum absolute atomic E-state index is 0.183. The number of allylic oxidation sites excluding steroid dienone is 1. The minimum Gasteiger partial charge on any atom is -0.482 e. The summed E-state index contributed by atoms with van der Waals surface area (Å²) in [6.45, 7) is 2.86. The van der Waals surface area contributed by atoms with Gasteiger partial charge in [-0.05, 0) is 36.8 Å². The molecule has 0 bridgehead atoms. The smallest absolute Gasteiger partial charge is 0.344 e. The fourth-order valence-electron chi connectivity index (χ4n) is 3.97. The number of hydrogen-bond acceptors (Lipinski definition) is 5. The molecule has 0 aliphatic carbocycles. The van der Waals surface area contributed by atoms with Crippen LogP contribution in [-0.2, 0) is 22.7 Å². The molecule has 0 atom stereocenters. The molecule has 6 nitrogen and oxygen atoms in total. The standard InChI is InChI=1S/C28H23NO5/c1-2-29-16-20(22-10-6-7-11-24(22)29)14-26-28(31)23-13-12-21(15-25(23)34-26)32-18-27(30)33-17-19-8-4-3-5-9-19/h3-16H,2,17-18H2,1H3. The highest BCUT2D eigenvalue weighted by Crippen LogP contribution is 2.35. The van der Waals surface area contributed by atoms with E-state index in [2.05, 4.69) is 17.6 Å². The molecule has 1 aliphatic rings. The van der Waals surface area contributed by atoms with Crippen molar-refractivity contribution in [2.45, 2.75) is 20.1 Å². The maximum absolute atomic E-state index is 12.9. The summed E-state index contributed by atoms with van der Waals surface area (Å²) < 4.78 is 18.8. The van der Waals surface area contributed by atoms with Gasteiger partial charge in [0, 0.05) is 35.3 Å². The van der Waals surface area contributed by atoms with Gasteiger partial charge < -0.3 is 18.8 Å². The number of rotatable bonds is 7. The van der Waals surface area contributed by atoms with Crippen LogP contribution >= 0.6 is 0 Å². The number of aryl methyl sites for hydroxylation is 1. The fourth-order valence-corrected chi connectivity index (χ4v) is 3.97. The molecule has 34 heavy (non-hydrogen) atoms. The van der Waals surface area contributed by atoms with Crippen LogP contribution in [-0.4, -0.2) is 22.9 Å². The van der Waals surface area contributed by atoms with Crippen LogP contribution in [0, 0.1) is 0 Å². The number of Topliss-reactive ketones (excluding diaryl/α,β-unsaturated/α-hetero) is 1. The first kappa shape index (κ1) is 21.5. The van der Waals surface area contributed by atoms with Crippen molar-refractivity contribution in [3.8, 4) is 11.5 Å². The van der Waals surface area contributed by atoms with Gasteiger partial charge in [-0.1, -0.05) is 48.5 Å². The topological polar surface area (TPSA) is 66.8 Å². The van der Waals surface area contributed by atoms with E-state index in [0.717, 1.165) is 28.6 Å². The molecule has 0 saturated carbocycles. The van der Waals surface area contributed by atoms with Crippen LogP contribution in [0.15, 0.2) is 84.8 Å². The molecule has 0 radical (unpaired) electrons. The van der Waals surface area contributed by atoms with Gasteiger partial charge in [-0.3, -0.25) is 4.79 Å². The molecule has 0 spiro atoms. The monoisotopic (exact) mass is 453 g/mol. The Morgan fingerprint density at radius 2 is 1.82 bits per heavy atom. The molecule has 1 aromatic heterocycles. The summed E-state index contributed by atoms with van der Waals surface area (Å²) in [7, 11) is 0. The molecule has 6 heteroatoms. The lowest BCUT2D eigenvalue weighted by molar-refractivity contribution is -0.147. The average Bonchev–Trinajstić information content (AvgIpc) is 3.39. The zero-order valence-electron chi connectivity index (χ0n) is 18.7. The molecule has 4 aromatic rings. The van der Waals surface area contributed by atoms with Crippen molar-refractivity contribution >= 4 is 28.7 Å². The number of benzene rings is 3. The van der Waals surface area contributed by atoms with Gasteiger partial charge in [-0.15, -0.1) is 0 Å². The second-order valence-electron chi connectivity index (χ2n) is 7.92. The van der Waals surface area contributed by atoms with E-state index < -0.39 is 5.97 Å². The molecule has 0 fully saturated rings. The van der Waals surface area contributed by atoms with Gasteiger partial charge in [0.15, 0.2) is 12.4 Å². The summed E-state index contributed by atoms with van der Waals surface area (Å²) in [6.07, 6.45) is 3.80. The maximum atomic E-state index is 12.9. The second kappa shape index (κ2) is 9.27. The summed E-state index contributed by atoms with van der Waals surface area (Å²) in [4.78, 5) is 24.9. The van der Waals surface area contributed by atoms with Crippen molar-refractivity contribution in [1.29, 1.82) is 0 Å². The van der Waals surface area contributed by atoms with E-state index in [1.54, 1.807) is 24.3 Å². The van der Waals surface area contributed by atoms with E-state index >= 15 is 0 Å². The van der Waals surface area contributed by atoms with Gasteiger partial charge in [0.2, 0.25) is 5.78 Å². The zero-order valence-corrected chi connectivity index (χ0v) is 18.7. The van der Waals surface area contributed by atoms with Gasteiger partial charge in [-0.25, -0.2) is 4.79 Å². The molecular weight excluding hydrogens is 430 g/mol. The second-order valence-corrected chi connectivity index (χ2v) is 7.92. The normalized spacial score (nSPS) is 13.7. The molecule has 5 rings (SSSR count). The number of aromatic nitrogens is 1. The third-order valence-corrected chi connectivity index (χ3v) is 5.69. The Balaban J connectivity index is 1.27. The van der Waals surface area contributed by atoms with Gasteiger partial charge in [-0.2, -0.15) is 0 Å². The molecule has 3 aromatic carbocycles. The Kier molecular flexibility index (Phi) is 5.87. The summed E-state index contributed by atoms with van der Waals surface area (Å²) in [5, 5.41) is 1.06. The summed E-state index contributed by atoms with van der Waals surface area (Å²) >= 11 is 0. The molecule has 2 heterocycles. The predicted octanol–water partition coefficient (Wildman–Crippen LogP) is 5.40. The van der Waals surface area contributed by atoms with E-state index in [9.17, 15) is 9.59 Å². The van der Waals surface area contributed by atoms with E-state index in [1.807, 2.05) is 54.7 Å². The number of ether oxygens (including phenoxy) is 3. The summed E-state index contributed by atoms with van der Waals surface area (Å²) in [5.41, 5.74) is 3.40. The van der Waals surface area contributed by atoms with Crippen molar-refractivity contribution in [3.63, 3.8) is 0 Å². The summed E-state index contributed by atoms with van der Waals surface area (Å²) in [5.74, 6) is 0.428. The van der Waals surface area contributed by atoms with E-state index in [0.29, 0.717) is 17.1 Å². The van der Waals surface area contributed by atoms with Crippen LogP contribution in [0.5, 0.6) is 11.5 Å². The zero-order chi connectivity index (χ0) is 23.5. The van der Waals surface area contributed by atoms with Crippen molar-refractivity contribution in [1.82, 2.24) is 4.57 Å². The first-order valence-corrected chi connectivity index (χ1v) is 11.1. The highest BCUT2D eigenvalue weighted by atomic mass is 16.6. The minimum atomic E-state index is -0.478. The van der Waals surface area contributed by atoms with Gasteiger partial charge >= 0.3 is 5.97 Å². The Morgan fingerprint density at radius 3 is 2.65 bits per heavy atom. The van der Waals surface area contributed by atoms with Crippen LogP contribution in [0.3, 0.4) is 0 Å². The molecule has 1 aliphatic heterocycles. The number of carbonyl (C=O) groups is 2. The Morgan fingerprint density at radius 1 is 1.03 bits per heavy atom. The number of fused-ring (bicyclic) bond motifs is 2. The first-order chi connectivity index (χ1) is 16.6. The Labute approximate surface area is 197 Å². The fraction of sp³-hybridized carbons (Fsp3) is 0.143. The largest absolute Gasteiger partial charge is 0.482 e. The number of para-hydroxylation sites is 1. The lowest BCUT2D eigenvalue weighted by Gasteiger charge is -2.08. The van der Waals surface area contributed by atoms with Gasteiger partial charge in [0.05, 0.1) is 5.56 Å².